The third kappa shape index (κ3) is 4.61. The highest BCUT2D eigenvalue weighted by Crippen LogP contribution is 2.29. The molecular formula is C19H19ClFN3O2S. The van der Waals surface area contributed by atoms with E-state index in [9.17, 15) is 9.18 Å². The monoisotopic (exact) mass is 407 g/mol. The molecule has 1 aromatic heterocycles. The molecule has 1 heterocycles. The summed E-state index contributed by atoms with van der Waals surface area (Å²) in [6, 6.07) is 11.7. The van der Waals surface area contributed by atoms with Gasteiger partial charge < -0.3 is 14.6 Å². The van der Waals surface area contributed by atoms with Crippen molar-refractivity contribution in [2.75, 3.05) is 19.0 Å². The maximum Gasteiger partial charge on any atom is 0.237 e. The van der Waals surface area contributed by atoms with Crippen molar-refractivity contribution >= 4 is 46.0 Å². The number of imidazole rings is 1. The van der Waals surface area contributed by atoms with E-state index in [4.69, 9.17) is 16.3 Å². The molecule has 27 heavy (non-hydrogen) atoms. The Kier molecular flexibility index (Phi) is 6.36. The molecule has 0 aliphatic heterocycles. The molecule has 1 N–H and O–H groups in total. The minimum absolute atomic E-state index is 0.160. The van der Waals surface area contributed by atoms with Crippen molar-refractivity contribution in [2.24, 2.45) is 0 Å². The number of aromatic nitrogens is 2. The Morgan fingerprint density at radius 3 is 2.89 bits per heavy atom. The van der Waals surface area contributed by atoms with Gasteiger partial charge in [0.25, 0.3) is 0 Å². The number of fused-ring (bicyclic) bond motifs is 1. The largest absolute Gasteiger partial charge is 0.383 e. The van der Waals surface area contributed by atoms with Crippen molar-refractivity contribution in [3.05, 3.63) is 53.3 Å². The summed E-state index contributed by atoms with van der Waals surface area (Å²) in [5.41, 5.74) is 2.24. The van der Waals surface area contributed by atoms with Gasteiger partial charge in [0.2, 0.25) is 5.91 Å². The van der Waals surface area contributed by atoms with E-state index < -0.39 is 11.1 Å². The van der Waals surface area contributed by atoms with Crippen LogP contribution in [-0.2, 0) is 16.1 Å². The Hall–Kier alpha value is -2.09. The molecule has 1 amide bonds. The molecule has 3 rings (SSSR count). The van der Waals surface area contributed by atoms with Gasteiger partial charge in [-0.25, -0.2) is 9.37 Å². The number of halogens is 2. The molecule has 2 aromatic carbocycles. The third-order valence-electron chi connectivity index (χ3n) is 3.98. The molecule has 5 nitrogen and oxygen atoms in total. The number of amides is 1. The lowest BCUT2D eigenvalue weighted by Gasteiger charge is -2.14. The number of carbonyl (C=O) groups is 1. The van der Waals surface area contributed by atoms with Gasteiger partial charge in [-0.15, -0.1) is 0 Å². The Bertz CT molecular complexity index is 963. The number of nitrogens with one attached hydrogen (secondary N) is 1. The van der Waals surface area contributed by atoms with Crippen LogP contribution in [0.2, 0.25) is 5.02 Å². The molecule has 0 bridgehead atoms. The topological polar surface area (TPSA) is 56.1 Å². The molecule has 0 spiro atoms. The van der Waals surface area contributed by atoms with Crippen LogP contribution in [-0.4, -0.2) is 34.4 Å². The second-order valence-electron chi connectivity index (χ2n) is 5.90. The van der Waals surface area contributed by atoms with E-state index in [-0.39, 0.29) is 10.9 Å². The molecule has 8 heteroatoms. The van der Waals surface area contributed by atoms with Crippen molar-refractivity contribution in [3.63, 3.8) is 0 Å². The number of thioether (sulfide) groups is 1. The summed E-state index contributed by atoms with van der Waals surface area (Å²) in [6.07, 6.45) is 0. The Balaban J connectivity index is 1.78. The average Bonchev–Trinajstić information content (AvgIpc) is 2.99. The smallest absolute Gasteiger partial charge is 0.237 e. The second kappa shape index (κ2) is 8.73. The van der Waals surface area contributed by atoms with Crippen LogP contribution >= 0.6 is 23.4 Å². The molecule has 0 saturated heterocycles. The first-order valence-electron chi connectivity index (χ1n) is 8.36. The van der Waals surface area contributed by atoms with E-state index in [0.29, 0.717) is 18.8 Å². The van der Waals surface area contributed by atoms with E-state index in [1.54, 1.807) is 14.0 Å². The fraction of sp³-hybridized carbons (Fsp3) is 0.263. The van der Waals surface area contributed by atoms with Gasteiger partial charge in [-0.05, 0) is 37.3 Å². The van der Waals surface area contributed by atoms with Gasteiger partial charge in [0.05, 0.1) is 33.6 Å². The summed E-state index contributed by atoms with van der Waals surface area (Å²) in [5, 5.41) is 3.20. The number of hydrogen-bond acceptors (Lipinski definition) is 4. The predicted molar refractivity (Wildman–Crippen MR) is 107 cm³/mol. The van der Waals surface area contributed by atoms with Crippen LogP contribution in [0.15, 0.2) is 47.6 Å². The van der Waals surface area contributed by atoms with Gasteiger partial charge in [-0.2, -0.15) is 0 Å². The quantitative estimate of drug-likeness (QED) is 0.582. The van der Waals surface area contributed by atoms with Crippen LogP contribution in [0.4, 0.5) is 10.1 Å². The predicted octanol–water partition coefficient (Wildman–Crippen LogP) is 4.59. The van der Waals surface area contributed by atoms with Crippen molar-refractivity contribution in [3.8, 4) is 0 Å². The highest BCUT2D eigenvalue weighted by molar-refractivity contribution is 8.00. The lowest BCUT2D eigenvalue weighted by Crippen LogP contribution is -2.23. The molecule has 3 aromatic rings. The number of ether oxygens (including phenoxy) is 1. The maximum atomic E-state index is 13.2. The molecule has 0 saturated carbocycles. The number of hydrogen-bond donors (Lipinski definition) is 1. The summed E-state index contributed by atoms with van der Waals surface area (Å²) < 4.78 is 20.4. The van der Waals surface area contributed by atoms with Crippen molar-refractivity contribution in [1.29, 1.82) is 0 Å². The summed E-state index contributed by atoms with van der Waals surface area (Å²) >= 11 is 7.33. The van der Waals surface area contributed by atoms with Crippen molar-refractivity contribution in [2.45, 2.75) is 23.9 Å². The fourth-order valence-electron chi connectivity index (χ4n) is 2.58. The molecule has 0 aliphatic carbocycles. The molecule has 0 aliphatic rings. The molecule has 1 unspecified atom stereocenters. The maximum absolute atomic E-state index is 13.2. The van der Waals surface area contributed by atoms with E-state index in [2.05, 4.69) is 10.3 Å². The Morgan fingerprint density at radius 2 is 2.15 bits per heavy atom. The number of benzene rings is 2. The van der Waals surface area contributed by atoms with Gasteiger partial charge in [-0.3, -0.25) is 4.79 Å². The molecule has 0 fully saturated rings. The number of methoxy groups -OCH3 is 1. The number of nitrogens with zero attached hydrogens (tertiary/aromatic N) is 2. The summed E-state index contributed by atoms with van der Waals surface area (Å²) in [6.45, 7) is 2.97. The highest BCUT2D eigenvalue weighted by atomic mass is 35.5. The van der Waals surface area contributed by atoms with E-state index in [0.717, 1.165) is 16.2 Å². The zero-order valence-corrected chi connectivity index (χ0v) is 16.5. The summed E-state index contributed by atoms with van der Waals surface area (Å²) in [5.74, 6) is -0.689. The first kappa shape index (κ1) is 19.7. The van der Waals surface area contributed by atoms with Crippen molar-refractivity contribution in [1.82, 2.24) is 9.55 Å². The van der Waals surface area contributed by atoms with Crippen LogP contribution in [0.25, 0.3) is 11.0 Å². The highest BCUT2D eigenvalue weighted by Gasteiger charge is 2.20. The first-order chi connectivity index (χ1) is 13.0. The van der Waals surface area contributed by atoms with Gasteiger partial charge >= 0.3 is 0 Å². The van der Waals surface area contributed by atoms with E-state index >= 15 is 0 Å². The number of rotatable bonds is 7. The first-order valence-corrected chi connectivity index (χ1v) is 9.62. The van der Waals surface area contributed by atoms with Crippen molar-refractivity contribution < 1.29 is 13.9 Å². The number of anilines is 1. The number of para-hydroxylation sites is 2. The number of carbonyl (C=O) groups excluding carboxylic acids is 1. The van der Waals surface area contributed by atoms with Gasteiger partial charge in [0.15, 0.2) is 5.16 Å². The zero-order valence-electron chi connectivity index (χ0n) is 14.9. The zero-order chi connectivity index (χ0) is 19.4. The lowest BCUT2D eigenvalue weighted by molar-refractivity contribution is -0.115. The minimum atomic E-state index is -0.452. The summed E-state index contributed by atoms with van der Waals surface area (Å²) in [4.78, 5) is 17.2. The van der Waals surface area contributed by atoms with E-state index in [1.165, 1.54) is 30.0 Å². The SMILES string of the molecule is COCCn1c(SC(C)C(=O)Nc2ccc(F)cc2Cl)nc2ccccc21. The van der Waals surface area contributed by atoms with Crippen LogP contribution in [0.3, 0.4) is 0 Å². The van der Waals surface area contributed by atoms with Gasteiger partial charge in [0, 0.05) is 13.7 Å². The standard InChI is InChI=1S/C19H19ClFN3O2S/c1-12(18(25)22-15-8-7-13(21)11-14(15)20)27-19-23-16-5-3-4-6-17(16)24(19)9-10-26-2/h3-8,11-12H,9-10H2,1-2H3,(H,22,25). The minimum Gasteiger partial charge on any atom is -0.383 e. The molecular weight excluding hydrogens is 389 g/mol. The van der Waals surface area contributed by atoms with Crippen LogP contribution < -0.4 is 5.32 Å². The van der Waals surface area contributed by atoms with Crippen LogP contribution in [0.5, 0.6) is 0 Å². The Labute approximate surface area is 165 Å². The van der Waals surface area contributed by atoms with E-state index in [1.807, 2.05) is 28.8 Å². The molecule has 142 valence electrons. The third-order valence-corrected chi connectivity index (χ3v) is 5.38. The van der Waals surface area contributed by atoms with Gasteiger partial charge in [-0.1, -0.05) is 35.5 Å². The second-order valence-corrected chi connectivity index (χ2v) is 7.62. The fourth-order valence-corrected chi connectivity index (χ4v) is 3.74. The lowest BCUT2D eigenvalue weighted by atomic mass is 10.3. The molecule has 1 atom stereocenters. The molecule has 0 radical (unpaired) electrons. The summed E-state index contributed by atoms with van der Waals surface area (Å²) in [7, 11) is 1.65. The van der Waals surface area contributed by atoms with Gasteiger partial charge in [0.1, 0.15) is 5.82 Å². The van der Waals surface area contributed by atoms with Crippen LogP contribution in [0.1, 0.15) is 6.92 Å². The van der Waals surface area contributed by atoms with Crippen LogP contribution in [0, 0.1) is 5.82 Å². The Morgan fingerprint density at radius 1 is 1.37 bits per heavy atom. The average molecular weight is 408 g/mol. The normalized spacial score (nSPS) is 12.3.